The fraction of sp³-hybridized carbons (Fsp3) is 0.222. The van der Waals surface area contributed by atoms with E-state index in [-0.39, 0.29) is 18.4 Å². The van der Waals surface area contributed by atoms with Crippen molar-refractivity contribution in [1.29, 1.82) is 0 Å². The number of para-hydroxylation sites is 2. The lowest BCUT2D eigenvalue weighted by atomic mass is 10.2. The van der Waals surface area contributed by atoms with Crippen molar-refractivity contribution in [2.24, 2.45) is 0 Å². The van der Waals surface area contributed by atoms with E-state index in [1.54, 1.807) is 48.3 Å². The molecular formula is C18H19ClN2O3. The van der Waals surface area contributed by atoms with Crippen LogP contribution >= 0.6 is 11.6 Å². The van der Waals surface area contributed by atoms with Crippen molar-refractivity contribution in [3.63, 3.8) is 0 Å². The quantitative estimate of drug-likeness (QED) is 0.872. The number of rotatable bonds is 6. The fourth-order valence-corrected chi connectivity index (χ4v) is 2.21. The van der Waals surface area contributed by atoms with Crippen LogP contribution in [-0.4, -0.2) is 30.4 Å². The van der Waals surface area contributed by atoms with E-state index in [2.05, 4.69) is 5.32 Å². The van der Waals surface area contributed by atoms with Gasteiger partial charge in [0.05, 0.1) is 5.69 Å². The highest BCUT2D eigenvalue weighted by Gasteiger charge is 2.12. The molecule has 2 amide bonds. The average Bonchev–Trinajstić information content (AvgIpc) is 2.55. The van der Waals surface area contributed by atoms with Gasteiger partial charge in [-0.1, -0.05) is 35.9 Å². The van der Waals surface area contributed by atoms with E-state index in [4.69, 9.17) is 16.3 Å². The first kappa shape index (κ1) is 17.8. The van der Waals surface area contributed by atoms with Crippen LogP contribution < -0.4 is 10.1 Å². The standard InChI is InChI=1S/C18H19ClN2O3/c1-13(22)20-16-5-3-4-6-17(16)24-12-18(23)21(2)11-14-7-9-15(19)10-8-14/h3-10H,11-12H2,1-2H3,(H,20,22). The van der Waals surface area contributed by atoms with E-state index in [9.17, 15) is 9.59 Å². The average molecular weight is 347 g/mol. The summed E-state index contributed by atoms with van der Waals surface area (Å²) in [4.78, 5) is 25.0. The summed E-state index contributed by atoms with van der Waals surface area (Å²) in [6.07, 6.45) is 0. The SMILES string of the molecule is CC(=O)Nc1ccccc1OCC(=O)N(C)Cc1ccc(Cl)cc1. The molecule has 0 bridgehead atoms. The van der Waals surface area contributed by atoms with Crippen molar-refractivity contribution < 1.29 is 14.3 Å². The number of halogens is 1. The smallest absolute Gasteiger partial charge is 0.260 e. The number of ether oxygens (including phenoxy) is 1. The van der Waals surface area contributed by atoms with E-state index >= 15 is 0 Å². The van der Waals surface area contributed by atoms with Gasteiger partial charge in [0.1, 0.15) is 5.75 Å². The van der Waals surface area contributed by atoms with Gasteiger partial charge in [-0.2, -0.15) is 0 Å². The Morgan fingerprint density at radius 2 is 1.79 bits per heavy atom. The number of likely N-dealkylation sites (N-methyl/N-ethyl adjacent to an activating group) is 1. The normalized spacial score (nSPS) is 10.1. The number of nitrogens with one attached hydrogen (secondary N) is 1. The topological polar surface area (TPSA) is 58.6 Å². The van der Waals surface area contributed by atoms with Gasteiger partial charge < -0.3 is 15.0 Å². The Labute approximate surface area is 146 Å². The summed E-state index contributed by atoms with van der Waals surface area (Å²) >= 11 is 5.85. The van der Waals surface area contributed by atoms with Crippen LogP contribution in [0.1, 0.15) is 12.5 Å². The maximum Gasteiger partial charge on any atom is 0.260 e. The maximum absolute atomic E-state index is 12.2. The molecule has 0 aliphatic carbocycles. The zero-order valence-corrected chi connectivity index (χ0v) is 14.3. The summed E-state index contributed by atoms with van der Waals surface area (Å²) in [6, 6.07) is 14.3. The van der Waals surface area contributed by atoms with Crippen molar-refractivity contribution >= 4 is 29.1 Å². The van der Waals surface area contributed by atoms with Crippen molar-refractivity contribution in [3.05, 3.63) is 59.1 Å². The van der Waals surface area contributed by atoms with Gasteiger partial charge in [-0.25, -0.2) is 0 Å². The Balaban J connectivity index is 1.93. The van der Waals surface area contributed by atoms with E-state index in [0.29, 0.717) is 23.0 Å². The number of anilines is 1. The van der Waals surface area contributed by atoms with E-state index < -0.39 is 0 Å². The monoisotopic (exact) mass is 346 g/mol. The third-order valence-corrected chi connectivity index (χ3v) is 3.56. The van der Waals surface area contributed by atoms with Crippen LogP contribution in [0.15, 0.2) is 48.5 Å². The molecule has 0 radical (unpaired) electrons. The highest BCUT2D eigenvalue weighted by molar-refractivity contribution is 6.30. The second-order valence-corrected chi connectivity index (χ2v) is 5.78. The summed E-state index contributed by atoms with van der Waals surface area (Å²) in [7, 11) is 1.71. The molecule has 6 heteroatoms. The summed E-state index contributed by atoms with van der Waals surface area (Å²) in [5, 5.41) is 3.33. The minimum Gasteiger partial charge on any atom is -0.482 e. The first-order valence-electron chi connectivity index (χ1n) is 7.43. The molecule has 0 saturated carbocycles. The fourth-order valence-electron chi connectivity index (χ4n) is 2.09. The van der Waals surface area contributed by atoms with Gasteiger partial charge >= 0.3 is 0 Å². The zero-order valence-electron chi connectivity index (χ0n) is 13.6. The minimum absolute atomic E-state index is 0.110. The number of nitrogens with zero attached hydrogens (tertiary/aromatic N) is 1. The lowest BCUT2D eigenvalue weighted by Crippen LogP contribution is -2.31. The van der Waals surface area contributed by atoms with Gasteiger partial charge in [-0.15, -0.1) is 0 Å². The number of amides is 2. The second-order valence-electron chi connectivity index (χ2n) is 5.34. The molecular weight excluding hydrogens is 328 g/mol. The number of carbonyl (C=O) groups is 2. The highest BCUT2D eigenvalue weighted by Crippen LogP contribution is 2.23. The van der Waals surface area contributed by atoms with Gasteiger partial charge in [0.25, 0.3) is 5.91 Å². The molecule has 2 aromatic rings. The van der Waals surface area contributed by atoms with Crippen molar-refractivity contribution in [2.45, 2.75) is 13.5 Å². The molecule has 0 aliphatic heterocycles. The van der Waals surface area contributed by atoms with Crippen LogP contribution in [0, 0.1) is 0 Å². The molecule has 0 atom stereocenters. The largest absolute Gasteiger partial charge is 0.482 e. The van der Waals surface area contributed by atoms with Gasteiger partial charge in [0.15, 0.2) is 6.61 Å². The molecule has 0 aromatic heterocycles. The lowest BCUT2D eigenvalue weighted by Gasteiger charge is -2.18. The Kier molecular flexibility index (Phi) is 6.21. The van der Waals surface area contributed by atoms with E-state index in [0.717, 1.165) is 5.56 Å². The van der Waals surface area contributed by atoms with Crippen LogP contribution in [-0.2, 0) is 16.1 Å². The number of carbonyl (C=O) groups excluding carboxylic acids is 2. The number of benzene rings is 2. The summed E-state index contributed by atoms with van der Waals surface area (Å²) in [5.74, 6) is 0.0979. The van der Waals surface area contributed by atoms with Crippen LogP contribution in [0.4, 0.5) is 5.69 Å². The predicted molar refractivity (Wildman–Crippen MR) is 94.2 cm³/mol. The first-order valence-corrected chi connectivity index (χ1v) is 7.81. The molecule has 0 heterocycles. The molecule has 0 aliphatic rings. The summed E-state index contributed by atoms with van der Waals surface area (Å²) in [5.41, 5.74) is 1.52. The molecule has 24 heavy (non-hydrogen) atoms. The summed E-state index contributed by atoms with van der Waals surface area (Å²) in [6.45, 7) is 1.77. The van der Waals surface area contributed by atoms with Crippen LogP contribution in [0.3, 0.4) is 0 Å². The Morgan fingerprint density at radius 1 is 1.12 bits per heavy atom. The molecule has 2 rings (SSSR count). The van der Waals surface area contributed by atoms with E-state index in [1.165, 1.54) is 6.92 Å². The minimum atomic E-state index is -0.197. The Hall–Kier alpha value is -2.53. The Bertz CT molecular complexity index is 716. The van der Waals surface area contributed by atoms with Crippen molar-refractivity contribution in [1.82, 2.24) is 4.90 Å². The predicted octanol–water partition coefficient (Wildman–Crippen LogP) is 3.34. The third kappa shape index (κ3) is 5.28. The van der Waals surface area contributed by atoms with E-state index in [1.807, 2.05) is 12.1 Å². The molecule has 2 aromatic carbocycles. The molecule has 0 fully saturated rings. The molecule has 1 N–H and O–H groups in total. The lowest BCUT2D eigenvalue weighted by molar-refractivity contribution is -0.132. The molecule has 0 saturated heterocycles. The Morgan fingerprint density at radius 3 is 2.46 bits per heavy atom. The zero-order chi connectivity index (χ0) is 17.5. The molecule has 0 unspecified atom stereocenters. The summed E-state index contributed by atoms with van der Waals surface area (Å²) < 4.78 is 5.55. The van der Waals surface area contributed by atoms with Crippen LogP contribution in [0.25, 0.3) is 0 Å². The van der Waals surface area contributed by atoms with Gasteiger partial charge in [0, 0.05) is 25.5 Å². The second kappa shape index (κ2) is 8.36. The third-order valence-electron chi connectivity index (χ3n) is 3.31. The number of hydrogen-bond donors (Lipinski definition) is 1. The van der Waals surface area contributed by atoms with Gasteiger partial charge in [-0.05, 0) is 29.8 Å². The highest BCUT2D eigenvalue weighted by atomic mass is 35.5. The molecule has 0 spiro atoms. The van der Waals surface area contributed by atoms with Crippen molar-refractivity contribution in [2.75, 3.05) is 19.0 Å². The van der Waals surface area contributed by atoms with Gasteiger partial charge in [0.2, 0.25) is 5.91 Å². The molecule has 126 valence electrons. The first-order chi connectivity index (χ1) is 11.5. The maximum atomic E-state index is 12.2. The van der Waals surface area contributed by atoms with Crippen LogP contribution in [0.5, 0.6) is 5.75 Å². The number of hydrogen-bond acceptors (Lipinski definition) is 3. The molecule has 5 nitrogen and oxygen atoms in total. The van der Waals surface area contributed by atoms with Crippen molar-refractivity contribution in [3.8, 4) is 5.75 Å². The van der Waals surface area contributed by atoms with Crippen LogP contribution in [0.2, 0.25) is 5.02 Å². The van der Waals surface area contributed by atoms with Gasteiger partial charge in [-0.3, -0.25) is 9.59 Å².